The second-order valence-electron chi connectivity index (χ2n) is 5.79. The minimum Gasteiger partial charge on any atom is -0.372 e. The molecule has 3 nitrogen and oxygen atoms in total. The zero-order valence-corrected chi connectivity index (χ0v) is 13.3. The van der Waals surface area contributed by atoms with Crippen LogP contribution in [0.15, 0.2) is 60.8 Å². The molecule has 0 saturated heterocycles. The highest BCUT2D eigenvalue weighted by Gasteiger charge is 2.27. The van der Waals surface area contributed by atoms with Crippen molar-refractivity contribution < 1.29 is 4.79 Å². The van der Waals surface area contributed by atoms with E-state index in [1.165, 1.54) is 0 Å². The van der Waals surface area contributed by atoms with E-state index in [9.17, 15) is 4.79 Å². The first-order chi connectivity index (χ1) is 11.1. The molecule has 0 bridgehead atoms. The van der Waals surface area contributed by atoms with Crippen LogP contribution in [0.25, 0.3) is 0 Å². The largest absolute Gasteiger partial charge is 0.372 e. The minimum absolute atomic E-state index is 0.00679. The van der Waals surface area contributed by atoms with Crippen LogP contribution in [0, 0.1) is 6.92 Å². The summed E-state index contributed by atoms with van der Waals surface area (Å²) in [5, 5.41) is 4.21. The van der Waals surface area contributed by atoms with E-state index in [2.05, 4.69) is 5.32 Å². The second kappa shape index (κ2) is 5.28. The SMILES string of the molecule is Cc1ccc2c(c1)C(=O)n1cccc1C(c1ccc(Cl)cc1)N2. The highest BCUT2D eigenvalue weighted by atomic mass is 35.5. The van der Waals surface area contributed by atoms with Gasteiger partial charge in [-0.1, -0.05) is 35.4 Å². The smallest absolute Gasteiger partial charge is 0.264 e. The van der Waals surface area contributed by atoms with Gasteiger partial charge in [0, 0.05) is 16.9 Å². The number of hydrogen-bond donors (Lipinski definition) is 1. The van der Waals surface area contributed by atoms with Gasteiger partial charge in [-0.3, -0.25) is 9.36 Å². The summed E-state index contributed by atoms with van der Waals surface area (Å²) >= 11 is 6.00. The van der Waals surface area contributed by atoms with Crippen LogP contribution in [0.4, 0.5) is 5.69 Å². The Hall–Kier alpha value is -2.52. The van der Waals surface area contributed by atoms with Gasteiger partial charge in [0.05, 0.1) is 17.3 Å². The van der Waals surface area contributed by atoms with E-state index in [0.717, 1.165) is 22.5 Å². The van der Waals surface area contributed by atoms with Crippen molar-refractivity contribution in [3.63, 3.8) is 0 Å². The van der Waals surface area contributed by atoms with Gasteiger partial charge in [0.2, 0.25) is 0 Å². The molecule has 0 fully saturated rings. The highest BCUT2D eigenvalue weighted by Crippen LogP contribution is 2.33. The molecule has 2 aromatic carbocycles. The first-order valence-electron chi connectivity index (χ1n) is 7.48. The summed E-state index contributed by atoms with van der Waals surface area (Å²) in [5.41, 5.74) is 4.60. The Morgan fingerprint density at radius 2 is 1.87 bits per heavy atom. The van der Waals surface area contributed by atoms with E-state index in [0.29, 0.717) is 10.6 Å². The van der Waals surface area contributed by atoms with Crippen molar-refractivity contribution in [1.29, 1.82) is 0 Å². The number of carbonyl (C=O) groups excluding carboxylic acids is 1. The normalized spacial score (nSPS) is 16.3. The predicted octanol–water partition coefficient (Wildman–Crippen LogP) is 4.65. The average Bonchev–Trinajstić information content (AvgIpc) is 2.99. The van der Waals surface area contributed by atoms with E-state index in [4.69, 9.17) is 11.6 Å². The molecule has 1 aliphatic heterocycles. The predicted molar refractivity (Wildman–Crippen MR) is 92.3 cm³/mol. The molecule has 1 atom stereocenters. The van der Waals surface area contributed by atoms with E-state index in [-0.39, 0.29) is 11.9 Å². The molecule has 4 heteroatoms. The van der Waals surface area contributed by atoms with Gasteiger partial charge < -0.3 is 5.32 Å². The molecule has 0 saturated carbocycles. The first kappa shape index (κ1) is 14.1. The number of fused-ring (bicyclic) bond motifs is 2. The Morgan fingerprint density at radius 1 is 1.09 bits per heavy atom. The van der Waals surface area contributed by atoms with Gasteiger partial charge in [0.25, 0.3) is 5.91 Å². The summed E-state index contributed by atoms with van der Waals surface area (Å²) in [5.74, 6) is -0.00679. The number of halogens is 1. The average molecular weight is 323 g/mol. The summed E-state index contributed by atoms with van der Waals surface area (Å²) in [4.78, 5) is 12.9. The number of nitrogens with one attached hydrogen (secondary N) is 1. The number of aromatic nitrogens is 1. The number of carbonyl (C=O) groups is 1. The molecule has 0 amide bonds. The maximum atomic E-state index is 12.9. The quantitative estimate of drug-likeness (QED) is 0.707. The van der Waals surface area contributed by atoms with E-state index >= 15 is 0 Å². The molecule has 23 heavy (non-hydrogen) atoms. The lowest BCUT2D eigenvalue weighted by molar-refractivity contribution is 0.0959. The monoisotopic (exact) mass is 322 g/mol. The Morgan fingerprint density at radius 3 is 2.65 bits per heavy atom. The maximum absolute atomic E-state index is 12.9. The van der Waals surface area contributed by atoms with Crippen molar-refractivity contribution in [1.82, 2.24) is 4.57 Å². The fraction of sp³-hybridized carbons (Fsp3) is 0.105. The van der Waals surface area contributed by atoms with Crippen molar-refractivity contribution in [2.45, 2.75) is 13.0 Å². The van der Waals surface area contributed by atoms with Crippen LogP contribution >= 0.6 is 11.6 Å². The number of nitrogens with zero attached hydrogens (tertiary/aromatic N) is 1. The van der Waals surface area contributed by atoms with Crippen molar-refractivity contribution in [2.75, 3.05) is 5.32 Å². The molecule has 0 aliphatic carbocycles. The fourth-order valence-corrected chi connectivity index (χ4v) is 3.17. The van der Waals surface area contributed by atoms with Gasteiger partial charge in [0.15, 0.2) is 0 Å². The third-order valence-corrected chi connectivity index (χ3v) is 4.46. The minimum atomic E-state index is -0.102. The zero-order chi connectivity index (χ0) is 16.0. The summed E-state index contributed by atoms with van der Waals surface area (Å²) in [6, 6.07) is 17.4. The number of benzene rings is 2. The fourth-order valence-electron chi connectivity index (χ4n) is 3.04. The van der Waals surface area contributed by atoms with Crippen LogP contribution in [0.3, 0.4) is 0 Å². The summed E-state index contributed by atoms with van der Waals surface area (Å²) < 4.78 is 1.72. The zero-order valence-electron chi connectivity index (χ0n) is 12.6. The van der Waals surface area contributed by atoms with Gasteiger partial charge in [-0.25, -0.2) is 0 Å². The highest BCUT2D eigenvalue weighted by molar-refractivity contribution is 6.30. The summed E-state index contributed by atoms with van der Waals surface area (Å²) in [6.07, 6.45) is 1.82. The van der Waals surface area contributed by atoms with E-state index in [1.807, 2.05) is 67.7 Å². The Bertz CT molecular complexity index is 896. The molecule has 1 unspecified atom stereocenters. The molecular weight excluding hydrogens is 308 g/mol. The third kappa shape index (κ3) is 2.34. The summed E-state index contributed by atoms with van der Waals surface area (Å²) in [6.45, 7) is 1.99. The molecular formula is C19H15ClN2O. The number of hydrogen-bond acceptors (Lipinski definition) is 2. The second-order valence-corrected chi connectivity index (χ2v) is 6.22. The van der Waals surface area contributed by atoms with Crippen LogP contribution in [-0.4, -0.2) is 10.5 Å². The Labute approximate surface area is 139 Å². The van der Waals surface area contributed by atoms with Gasteiger partial charge in [-0.15, -0.1) is 0 Å². The van der Waals surface area contributed by atoms with Crippen molar-refractivity contribution in [2.24, 2.45) is 0 Å². The van der Waals surface area contributed by atoms with Gasteiger partial charge in [-0.05, 0) is 48.9 Å². The molecule has 3 aromatic rings. The van der Waals surface area contributed by atoms with E-state index < -0.39 is 0 Å². The van der Waals surface area contributed by atoms with Crippen LogP contribution < -0.4 is 5.32 Å². The molecule has 114 valence electrons. The third-order valence-electron chi connectivity index (χ3n) is 4.20. The molecule has 1 aromatic heterocycles. The lowest BCUT2D eigenvalue weighted by Crippen LogP contribution is -2.15. The molecule has 0 spiro atoms. The number of rotatable bonds is 1. The van der Waals surface area contributed by atoms with Crippen LogP contribution in [0.5, 0.6) is 0 Å². The Balaban J connectivity index is 1.91. The molecule has 1 aliphatic rings. The lowest BCUT2D eigenvalue weighted by Gasteiger charge is -2.19. The van der Waals surface area contributed by atoms with E-state index in [1.54, 1.807) is 4.57 Å². The molecule has 4 rings (SSSR count). The van der Waals surface area contributed by atoms with Crippen LogP contribution in [0.2, 0.25) is 5.02 Å². The van der Waals surface area contributed by atoms with Gasteiger partial charge in [-0.2, -0.15) is 0 Å². The standard InChI is InChI=1S/C19H15ClN2O/c1-12-4-9-16-15(11-12)19(23)22-10-2-3-17(22)18(21-16)13-5-7-14(20)8-6-13/h2-11,18,21H,1H3. The maximum Gasteiger partial charge on any atom is 0.264 e. The van der Waals surface area contributed by atoms with Gasteiger partial charge >= 0.3 is 0 Å². The van der Waals surface area contributed by atoms with Crippen molar-refractivity contribution in [3.8, 4) is 0 Å². The van der Waals surface area contributed by atoms with Gasteiger partial charge in [0.1, 0.15) is 0 Å². The molecule has 2 heterocycles. The molecule has 1 N–H and O–H groups in total. The molecule has 0 radical (unpaired) electrons. The lowest BCUT2D eigenvalue weighted by atomic mass is 10.0. The van der Waals surface area contributed by atoms with Crippen LogP contribution in [-0.2, 0) is 0 Å². The topological polar surface area (TPSA) is 34.0 Å². The number of anilines is 1. The van der Waals surface area contributed by atoms with Crippen LogP contribution in [0.1, 0.15) is 33.2 Å². The number of aryl methyl sites for hydroxylation is 1. The van der Waals surface area contributed by atoms with Crippen molar-refractivity contribution >= 4 is 23.2 Å². The van der Waals surface area contributed by atoms with Crippen molar-refractivity contribution in [3.05, 3.63) is 88.2 Å². The summed E-state index contributed by atoms with van der Waals surface area (Å²) in [7, 11) is 0. The first-order valence-corrected chi connectivity index (χ1v) is 7.86. The Kier molecular flexibility index (Phi) is 3.24.